The summed E-state index contributed by atoms with van der Waals surface area (Å²) >= 11 is 0. The summed E-state index contributed by atoms with van der Waals surface area (Å²) in [5.74, 6) is 6.14. The van der Waals surface area contributed by atoms with Crippen LogP contribution in [0, 0.1) is 5.92 Å². The lowest BCUT2D eigenvalue weighted by molar-refractivity contribution is 0.385. The van der Waals surface area contributed by atoms with Crippen LogP contribution in [0.4, 0.5) is 5.69 Å². The molecule has 0 bridgehead atoms. The molecule has 0 radical (unpaired) electrons. The summed E-state index contributed by atoms with van der Waals surface area (Å²) in [7, 11) is 0. The summed E-state index contributed by atoms with van der Waals surface area (Å²) < 4.78 is 0. The van der Waals surface area contributed by atoms with E-state index in [1.165, 1.54) is 32.1 Å². The first kappa shape index (κ1) is 12.1. The van der Waals surface area contributed by atoms with Gasteiger partial charge >= 0.3 is 0 Å². The predicted molar refractivity (Wildman–Crippen MR) is 66.5 cm³/mol. The molecule has 0 unspecified atom stereocenters. The Bertz CT molecular complexity index is 240. The van der Waals surface area contributed by atoms with Crippen molar-refractivity contribution >= 4 is 5.69 Å². The molecule has 0 heterocycles. The van der Waals surface area contributed by atoms with Crippen LogP contribution in [0.3, 0.4) is 0 Å². The minimum absolute atomic E-state index is 0.938. The molecule has 0 aromatic heterocycles. The topological polar surface area (TPSA) is 38.0 Å². The summed E-state index contributed by atoms with van der Waals surface area (Å²) in [6, 6.07) is 9.60. The van der Waals surface area contributed by atoms with E-state index in [0.29, 0.717) is 0 Å². The van der Waals surface area contributed by atoms with Crippen molar-refractivity contribution < 1.29 is 0 Å². The smallest absolute Gasteiger partial charge is 0.0485 e. The van der Waals surface area contributed by atoms with Crippen LogP contribution >= 0.6 is 0 Å². The fourth-order valence-electron chi connectivity index (χ4n) is 1.84. The van der Waals surface area contributed by atoms with Gasteiger partial charge < -0.3 is 5.43 Å². The fraction of sp³-hybridized carbons (Fsp3) is 0.538. The summed E-state index contributed by atoms with van der Waals surface area (Å²) in [6.45, 7) is 2.36. The summed E-state index contributed by atoms with van der Waals surface area (Å²) in [5.41, 5.74) is 3.46. The molecule has 2 heteroatoms. The molecule has 0 aliphatic heterocycles. The molecule has 0 spiro atoms. The highest BCUT2D eigenvalue weighted by atomic mass is 15.2. The zero-order valence-corrected chi connectivity index (χ0v) is 9.58. The summed E-state index contributed by atoms with van der Waals surface area (Å²) in [5, 5.41) is 0. The van der Waals surface area contributed by atoms with E-state index < -0.39 is 0 Å². The predicted octanol–water partition coefficient (Wildman–Crippen LogP) is 3.56. The van der Waals surface area contributed by atoms with Crippen LogP contribution in [0.15, 0.2) is 30.3 Å². The molecule has 1 aliphatic carbocycles. The van der Waals surface area contributed by atoms with Gasteiger partial charge in [0.15, 0.2) is 0 Å². The lowest BCUT2D eigenvalue weighted by Gasteiger charge is -2.15. The van der Waals surface area contributed by atoms with E-state index in [1.54, 1.807) is 0 Å². The molecular weight excluding hydrogens is 184 g/mol. The van der Waals surface area contributed by atoms with Crippen molar-refractivity contribution in [2.45, 2.75) is 39.0 Å². The average molecular weight is 206 g/mol. The fourth-order valence-corrected chi connectivity index (χ4v) is 1.84. The van der Waals surface area contributed by atoms with Crippen LogP contribution < -0.4 is 11.3 Å². The van der Waals surface area contributed by atoms with Gasteiger partial charge in [0, 0.05) is 5.69 Å². The number of anilines is 1. The van der Waals surface area contributed by atoms with Gasteiger partial charge in [0.1, 0.15) is 0 Å². The van der Waals surface area contributed by atoms with Gasteiger partial charge in [0.25, 0.3) is 0 Å². The number of para-hydroxylation sites is 1. The second-order valence-electron chi connectivity index (χ2n) is 4.25. The molecule has 0 atom stereocenters. The normalized spacial score (nSPS) is 16.4. The van der Waals surface area contributed by atoms with Crippen molar-refractivity contribution in [1.82, 2.24) is 0 Å². The molecule has 84 valence electrons. The third-order valence-electron chi connectivity index (χ3n) is 2.83. The highest BCUT2D eigenvalue weighted by molar-refractivity contribution is 5.40. The van der Waals surface area contributed by atoms with Crippen LogP contribution in [0.5, 0.6) is 0 Å². The van der Waals surface area contributed by atoms with Crippen LogP contribution in [0.1, 0.15) is 39.0 Å². The number of hydrogen-bond donors (Lipinski definition) is 2. The van der Waals surface area contributed by atoms with Crippen LogP contribution in [-0.2, 0) is 0 Å². The number of benzene rings is 1. The number of nitrogen functional groups attached to an aromatic ring is 1. The zero-order chi connectivity index (χ0) is 10.9. The largest absolute Gasteiger partial charge is 0.324 e. The van der Waals surface area contributed by atoms with Crippen LogP contribution in [-0.4, -0.2) is 0 Å². The molecule has 3 N–H and O–H groups in total. The van der Waals surface area contributed by atoms with E-state index in [0.717, 1.165) is 11.6 Å². The van der Waals surface area contributed by atoms with Crippen molar-refractivity contribution in [3.8, 4) is 0 Å². The molecule has 1 aromatic carbocycles. The number of hydrogen-bond acceptors (Lipinski definition) is 2. The van der Waals surface area contributed by atoms with Crippen molar-refractivity contribution in [3.05, 3.63) is 30.3 Å². The SMILES string of the molecule is CC1CCCCC1.NNc1ccccc1. The van der Waals surface area contributed by atoms with E-state index in [4.69, 9.17) is 5.84 Å². The molecule has 2 rings (SSSR count). The van der Waals surface area contributed by atoms with E-state index in [1.807, 2.05) is 30.3 Å². The Kier molecular flexibility index (Phi) is 5.86. The minimum atomic E-state index is 0.938. The van der Waals surface area contributed by atoms with Crippen molar-refractivity contribution in [3.63, 3.8) is 0 Å². The van der Waals surface area contributed by atoms with Crippen molar-refractivity contribution in [1.29, 1.82) is 0 Å². The maximum Gasteiger partial charge on any atom is 0.0485 e. The molecule has 15 heavy (non-hydrogen) atoms. The Morgan fingerprint density at radius 1 is 1.07 bits per heavy atom. The average Bonchev–Trinajstić information content (AvgIpc) is 2.32. The van der Waals surface area contributed by atoms with Gasteiger partial charge in [-0.15, -0.1) is 0 Å². The molecular formula is C13H22N2. The van der Waals surface area contributed by atoms with Gasteiger partial charge in [0.05, 0.1) is 0 Å². The van der Waals surface area contributed by atoms with Gasteiger partial charge in [-0.25, -0.2) is 0 Å². The van der Waals surface area contributed by atoms with E-state index in [-0.39, 0.29) is 0 Å². The van der Waals surface area contributed by atoms with Crippen LogP contribution in [0.25, 0.3) is 0 Å². The lowest BCUT2D eigenvalue weighted by Crippen LogP contribution is -2.05. The van der Waals surface area contributed by atoms with Gasteiger partial charge in [-0.3, -0.25) is 5.84 Å². The van der Waals surface area contributed by atoms with Crippen molar-refractivity contribution in [2.24, 2.45) is 11.8 Å². The second-order valence-corrected chi connectivity index (χ2v) is 4.25. The Morgan fingerprint density at radius 3 is 2.00 bits per heavy atom. The second kappa shape index (κ2) is 7.30. The maximum atomic E-state index is 5.10. The van der Waals surface area contributed by atoms with Gasteiger partial charge in [-0.1, -0.05) is 57.2 Å². The van der Waals surface area contributed by atoms with Crippen molar-refractivity contribution in [2.75, 3.05) is 5.43 Å². The third kappa shape index (κ3) is 5.43. The standard InChI is InChI=1S/C7H14.C6H8N2/c1-7-5-3-2-4-6-7;7-8-6-4-2-1-3-5-6/h7H,2-6H2,1H3;1-5,8H,7H2. The first-order valence-electron chi connectivity index (χ1n) is 5.84. The molecule has 0 amide bonds. The van der Waals surface area contributed by atoms with Crippen LogP contribution in [0.2, 0.25) is 0 Å². The lowest BCUT2D eigenvalue weighted by atomic mass is 9.91. The van der Waals surface area contributed by atoms with E-state index in [2.05, 4.69) is 12.3 Å². The zero-order valence-electron chi connectivity index (χ0n) is 9.58. The molecule has 0 saturated heterocycles. The summed E-state index contributed by atoms with van der Waals surface area (Å²) in [6.07, 6.45) is 7.44. The van der Waals surface area contributed by atoms with Gasteiger partial charge in [0.2, 0.25) is 0 Å². The molecule has 2 nitrogen and oxygen atoms in total. The highest BCUT2D eigenvalue weighted by Gasteiger charge is 2.05. The molecule has 1 aliphatic rings. The Morgan fingerprint density at radius 2 is 1.67 bits per heavy atom. The minimum Gasteiger partial charge on any atom is -0.324 e. The molecule has 1 fully saturated rings. The van der Waals surface area contributed by atoms with Gasteiger partial charge in [-0.2, -0.15) is 0 Å². The van der Waals surface area contributed by atoms with E-state index >= 15 is 0 Å². The highest BCUT2D eigenvalue weighted by Crippen LogP contribution is 2.22. The first-order valence-corrected chi connectivity index (χ1v) is 5.84. The quantitative estimate of drug-likeness (QED) is 0.544. The van der Waals surface area contributed by atoms with E-state index in [9.17, 15) is 0 Å². The number of nitrogens with one attached hydrogen (secondary N) is 1. The monoisotopic (exact) mass is 206 g/mol. The number of rotatable bonds is 1. The Labute approximate surface area is 92.8 Å². The number of nitrogens with two attached hydrogens (primary N) is 1. The first-order chi connectivity index (χ1) is 7.33. The molecule has 1 saturated carbocycles. The third-order valence-corrected chi connectivity index (χ3v) is 2.83. The number of hydrazine groups is 1. The Balaban J connectivity index is 0.000000151. The van der Waals surface area contributed by atoms with Gasteiger partial charge in [-0.05, 0) is 18.1 Å². The molecule has 1 aromatic rings. The maximum absolute atomic E-state index is 5.10. The Hall–Kier alpha value is -1.02. The summed E-state index contributed by atoms with van der Waals surface area (Å²) in [4.78, 5) is 0.